The van der Waals surface area contributed by atoms with E-state index in [1.165, 1.54) is 57.8 Å². The fraction of sp³-hybridized carbons (Fsp3) is 1.00. The summed E-state index contributed by atoms with van der Waals surface area (Å²) in [5.74, 6) is 0. The Kier molecular flexibility index (Phi) is 13.9. The van der Waals surface area contributed by atoms with Gasteiger partial charge in [0.1, 0.15) is 0 Å². The lowest BCUT2D eigenvalue weighted by atomic mass is 10.1. The summed E-state index contributed by atoms with van der Waals surface area (Å²) >= 11 is 0. The lowest BCUT2D eigenvalue weighted by Gasteiger charge is -2.03. The van der Waals surface area contributed by atoms with Crippen LogP contribution in [0.3, 0.4) is 0 Å². The molecule has 0 heterocycles. The smallest absolute Gasteiger partial charge is 0.0466 e. The van der Waals surface area contributed by atoms with Crippen LogP contribution in [0.5, 0.6) is 0 Å². The SMILES string of the molecule is CCCCCCCCCCCOCCC. The fourth-order valence-electron chi connectivity index (χ4n) is 1.76. The first kappa shape index (κ1) is 15.0. The van der Waals surface area contributed by atoms with Gasteiger partial charge in [-0.1, -0.05) is 65.2 Å². The largest absolute Gasteiger partial charge is 0.381 e. The molecule has 0 aromatic carbocycles. The van der Waals surface area contributed by atoms with Gasteiger partial charge >= 0.3 is 0 Å². The Labute approximate surface area is 96.6 Å². The van der Waals surface area contributed by atoms with Crippen molar-refractivity contribution in [2.45, 2.75) is 78.1 Å². The molecule has 1 heteroatoms. The summed E-state index contributed by atoms with van der Waals surface area (Å²) in [5.41, 5.74) is 0. The third kappa shape index (κ3) is 14.0. The molecule has 0 radical (unpaired) electrons. The second kappa shape index (κ2) is 14.0. The topological polar surface area (TPSA) is 9.23 Å². The highest BCUT2D eigenvalue weighted by Gasteiger charge is 1.92. The van der Waals surface area contributed by atoms with Gasteiger partial charge in [-0.2, -0.15) is 0 Å². The van der Waals surface area contributed by atoms with Crippen LogP contribution < -0.4 is 0 Å². The molecule has 1 nitrogen and oxygen atoms in total. The van der Waals surface area contributed by atoms with Gasteiger partial charge in [0, 0.05) is 13.2 Å². The normalized spacial score (nSPS) is 10.8. The average molecular weight is 214 g/mol. The Balaban J connectivity index is 2.81. The molecule has 0 aliphatic rings. The number of ether oxygens (including phenoxy) is 1. The van der Waals surface area contributed by atoms with E-state index in [0.717, 1.165) is 19.6 Å². The fourth-order valence-corrected chi connectivity index (χ4v) is 1.76. The van der Waals surface area contributed by atoms with Crippen molar-refractivity contribution >= 4 is 0 Å². The molecule has 0 aliphatic heterocycles. The van der Waals surface area contributed by atoms with E-state index in [2.05, 4.69) is 13.8 Å². The van der Waals surface area contributed by atoms with Crippen LogP contribution in [0, 0.1) is 0 Å². The zero-order valence-electron chi connectivity index (χ0n) is 10.9. The van der Waals surface area contributed by atoms with Gasteiger partial charge in [0.15, 0.2) is 0 Å². The van der Waals surface area contributed by atoms with Crippen LogP contribution in [0.15, 0.2) is 0 Å². The Morgan fingerprint density at radius 3 is 1.60 bits per heavy atom. The van der Waals surface area contributed by atoms with E-state index in [4.69, 9.17) is 4.74 Å². The number of hydrogen-bond donors (Lipinski definition) is 0. The molecule has 0 saturated heterocycles. The summed E-state index contributed by atoms with van der Waals surface area (Å²) in [6.07, 6.45) is 13.7. The van der Waals surface area contributed by atoms with Crippen LogP contribution in [0.1, 0.15) is 78.1 Å². The molecule has 0 fully saturated rings. The Hall–Kier alpha value is -0.0400. The van der Waals surface area contributed by atoms with Crippen LogP contribution in [-0.2, 0) is 4.74 Å². The number of hydrogen-bond acceptors (Lipinski definition) is 1. The molecule has 0 amide bonds. The predicted molar refractivity (Wildman–Crippen MR) is 68.3 cm³/mol. The molecule has 0 bridgehead atoms. The van der Waals surface area contributed by atoms with Crippen LogP contribution in [0.4, 0.5) is 0 Å². The first-order valence-electron chi connectivity index (χ1n) is 6.99. The van der Waals surface area contributed by atoms with Gasteiger partial charge in [0.05, 0.1) is 0 Å². The molecule has 15 heavy (non-hydrogen) atoms. The number of rotatable bonds is 12. The zero-order valence-corrected chi connectivity index (χ0v) is 10.9. The molecule has 92 valence electrons. The second-order valence-electron chi connectivity index (χ2n) is 4.44. The minimum Gasteiger partial charge on any atom is -0.381 e. The molecule has 0 atom stereocenters. The van der Waals surface area contributed by atoms with Gasteiger partial charge < -0.3 is 4.74 Å². The van der Waals surface area contributed by atoms with Gasteiger partial charge in [-0.3, -0.25) is 0 Å². The minimum absolute atomic E-state index is 0.941. The van der Waals surface area contributed by atoms with E-state index in [9.17, 15) is 0 Å². The molecule has 0 saturated carbocycles. The van der Waals surface area contributed by atoms with E-state index >= 15 is 0 Å². The summed E-state index contributed by atoms with van der Waals surface area (Å²) in [7, 11) is 0. The molecule has 0 N–H and O–H groups in total. The monoisotopic (exact) mass is 214 g/mol. The standard InChI is InChI=1S/C14H30O/c1-3-5-6-7-8-9-10-11-12-14-15-13-4-2/h3-14H2,1-2H3. The third-order valence-corrected chi connectivity index (χ3v) is 2.74. The maximum absolute atomic E-state index is 5.44. The first-order valence-corrected chi connectivity index (χ1v) is 6.99. The summed E-state index contributed by atoms with van der Waals surface area (Å²) in [6, 6.07) is 0. The van der Waals surface area contributed by atoms with Gasteiger partial charge in [-0.25, -0.2) is 0 Å². The van der Waals surface area contributed by atoms with Crippen molar-refractivity contribution in [2.75, 3.05) is 13.2 Å². The highest BCUT2D eigenvalue weighted by molar-refractivity contribution is 4.46. The summed E-state index contributed by atoms with van der Waals surface area (Å²) < 4.78 is 5.44. The lowest BCUT2D eigenvalue weighted by Crippen LogP contribution is -1.95. The van der Waals surface area contributed by atoms with Crippen LogP contribution in [-0.4, -0.2) is 13.2 Å². The molecule has 0 unspecified atom stereocenters. The van der Waals surface area contributed by atoms with Crippen LogP contribution >= 0.6 is 0 Å². The van der Waals surface area contributed by atoms with Crippen molar-refractivity contribution in [3.05, 3.63) is 0 Å². The molecule has 0 aliphatic carbocycles. The first-order chi connectivity index (χ1) is 7.41. The molecule has 0 aromatic rings. The van der Waals surface area contributed by atoms with Crippen molar-refractivity contribution < 1.29 is 4.74 Å². The van der Waals surface area contributed by atoms with Crippen LogP contribution in [0.2, 0.25) is 0 Å². The van der Waals surface area contributed by atoms with Crippen molar-refractivity contribution in [2.24, 2.45) is 0 Å². The minimum atomic E-state index is 0.941. The van der Waals surface area contributed by atoms with Gasteiger partial charge in [-0.05, 0) is 12.8 Å². The third-order valence-electron chi connectivity index (χ3n) is 2.74. The molecule has 0 spiro atoms. The molecular weight excluding hydrogens is 184 g/mol. The van der Waals surface area contributed by atoms with E-state index in [1.807, 2.05) is 0 Å². The van der Waals surface area contributed by atoms with Crippen molar-refractivity contribution in [1.29, 1.82) is 0 Å². The van der Waals surface area contributed by atoms with E-state index in [-0.39, 0.29) is 0 Å². The molecular formula is C14H30O. The van der Waals surface area contributed by atoms with E-state index in [0.29, 0.717) is 0 Å². The molecule has 0 aromatic heterocycles. The Morgan fingerprint density at radius 1 is 0.533 bits per heavy atom. The predicted octanol–water partition coefficient (Wildman–Crippen LogP) is 4.94. The molecule has 0 rings (SSSR count). The van der Waals surface area contributed by atoms with Crippen molar-refractivity contribution in [3.63, 3.8) is 0 Å². The lowest BCUT2D eigenvalue weighted by molar-refractivity contribution is 0.130. The van der Waals surface area contributed by atoms with Gasteiger partial charge in [-0.15, -0.1) is 0 Å². The zero-order chi connectivity index (χ0) is 11.2. The Morgan fingerprint density at radius 2 is 1.07 bits per heavy atom. The maximum Gasteiger partial charge on any atom is 0.0466 e. The number of unbranched alkanes of at least 4 members (excludes halogenated alkanes) is 8. The van der Waals surface area contributed by atoms with Crippen molar-refractivity contribution in [1.82, 2.24) is 0 Å². The average Bonchev–Trinajstić information content (AvgIpc) is 2.26. The summed E-state index contributed by atoms with van der Waals surface area (Å²) in [5, 5.41) is 0. The Bertz CT molecular complexity index is 89.5. The summed E-state index contributed by atoms with van der Waals surface area (Å²) in [4.78, 5) is 0. The van der Waals surface area contributed by atoms with Crippen molar-refractivity contribution in [3.8, 4) is 0 Å². The van der Waals surface area contributed by atoms with Gasteiger partial charge in [0.25, 0.3) is 0 Å². The quantitative estimate of drug-likeness (QED) is 0.418. The summed E-state index contributed by atoms with van der Waals surface area (Å²) in [6.45, 7) is 6.35. The van der Waals surface area contributed by atoms with E-state index in [1.54, 1.807) is 0 Å². The maximum atomic E-state index is 5.44. The highest BCUT2D eigenvalue weighted by Crippen LogP contribution is 2.09. The highest BCUT2D eigenvalue weighted by atomic mass is 16.5. The van der Waals surface area contributed by atoms with Gasteiger partial charge in [0.2, 0.25) is 0 Å². The van der Waals surface area contributed by atoms with E-state index < -0.39 is 0 Å². The second-order valence-corrected chi connectivity index (χ2v) is 4.44. The van der Waals surface area contributed by atoms with Crippen LogP contribution in [0.25, 0.3) is 0 Å².